The Morgan fingerprint density at radius 2 is 1.03 bits per heavy atom. The van der Waals surface area contributed by atoms with E-state index >= 15 is 0 Å². The highest BCUT2D eigenvalue weighted by molar-refractivity contribution is 14.2. The van der Waals surface area contributed by atoms with Crippen molar-refractivity contribution in [3.05, 3.63) is 126 Å². The zero-order valence-electron chi connectivity index (χ0n) is 20.9. The first kappa shape index (κ1) is 26.1. The van der Waals surface area contributed by atoms with Crippen LogP contribution in [0.5, 0.6) is 0 Å². The molecule has 0 fully saturated rings. The molecule has 0 radical (unpaired) electrons. The van der Waals surface area contributed by atoms with Gasteiger partial charge in [0, 0.05) is 38.2 Å². The maximum absolute atomic E-state index is 14.5. The van der Waals surface area contributed by atoms with Gasteiger partial charge in [0.1, 0.15) is 0 Å². The van der Waals surface area contributed by atoms with Gasteiger partial charge in [0.25, 0.3) is 0 Å². The fourth-order valence-electron chi connectivity index (χ4n) is 4.35. The summed E-state index contributed by atoms with van der Waals surface area (Å²) in [6.07, 6.45) is 12.3. The van der Waals surface area contributed by atoms with Crippen molar-refractivity contribution in [2.45, 2.75) is 20.8 Å². The van der Waals surface area contributed by atoms with Gasteiger partial charge in [-0.1, -0.05) is 109 Å². The normalized spacial score (nSPS) is 13.6. The third-order valence-corrected chi connectivity index (χ3v) is 11.3. The number of benzene rings is 4. The molecule has 4 aromatic carbocycles. The standard InChI is InChI=1S/C33H30IOP/c1-4-8-25-13-19-28(20-14-25)31-11-7-12-32(33(31)29-21-15-26(9-5-2)16-22-29)36(34,35)30-23-17-27(10-6-3)18-24-30/h4-24H,1-3H3. The van der Waals surface area contributed by atoms with Gasteiger partial charge in [-0.2, -0.15) is 0 Å². The average Bonchev–Trinajstić information content (AvgIpc) is 2.90. The lowest BCUT2D eigenvalue weighted by Gasteiger charge is -2.20. The third kappa shape index (κ3) is 5.72. The highest BCUT2D eigenvalue weighted by Crippen LogP contribution is 2.55. The molecule has 0 N–H and O–H groups in total. The molecule has 180 valence electrons. The topological polar surface area (TPSA) is 17.1 Å². The van der Waals surface area contributed by atoms with Gasteiger partial charge in [0.2, 0.25) is 0 Å². The summed E-state index contributed by atoms with van der Waals surface area (Å²) < 4.78 is 14.5. The second-order valence-electron chi connectivity index (χ2n) is 8.57. The molecule has 0 spiro atoms. The van der Waals surface area contributed by atoms with Crippen molar-refractivity contribution >= 4 is 55.7 Å². The maximum atomic E-state index is 14.5. The van der Waals surface area contributed by atoms with E-state index in [1.807, 2.05) is 75.4 Å². The number of hydrogen-bond acceptors (Lipinski definition) is 1. The molecular formula is C33H30IOP. The number of allylic oxidation sites excluding steroid dienone is 3. The van der Waals surface area contributed by atoms with Crippen molar-refractivity contribution in [3.63, 3.8) is 0 Å². The Hall–Kier alpha value is -2.94. The van der Waals surface area contributed by atoms with Crippen molar-refractivity contribution < 1.29 is 4.57 Å². The van der Waals surface area contributed by atoms with Crippen LogP contribution in [0, 0.1) is 0 Å². The molecule has 4 rings (SSSR count). The molecule has 0 aliphatic heterocycles. The Balaban J connectivity index is 1.92. The molecule has 0 aliphatic rings. The first-order valence-corrected chi connectivity index (χ1v) is 16.6. The highest BCUT2D eigenvalue weighted by atomic mass is 127. The van der Waals surface area contributed by atoms with Crippen LogP contribution in [-0.2, 0) is 4.57 Å². The lowest BCUT2D eigenvalue weighted by Crippen LogP contribution is -2.15. The Bertz CT molecular complexity index is 1460. The molecule has 0 amide bonds. The Morgan fingerprint density at radius 1 is 0.583 bits per heavy atom. The van der Waals surface area contributed by atoms with Gasteiger partial charge < -0.3 is 4.57 Å². The van der Waals surface area contributed by atoms with Gasteiger partial charge >= 0.3 is 0 Å². The smallest absolute Gasteiger partial charge is 0.199 e. The average molecular weight is 600 g/mol. The van der Waals surface area contributed by atoms with E-state index in [0.717, 1.165) is 49.6 Å². The SMILES string of the molecule is CC=Cc1ccc(-c2cccc(P(=O)(I)c3ccc(C=CC)cc3)c2-c2ccc(C=CC)cc2)cc1. The predicted molar refractivity (Wildman–Crippen MR) is 169 cm³/mol. The minimum atomic E-state index is -2.91. The summed E-state index contributed by atoms with van der Waals surface area (Å²) in [6, 6.07) is 31.3. The van der Waals surface area contributed by atoms with Gasteiger partial charge in [-0.3, -0.25) is 0 Å². The van der Waals surface area contributed by atoms with Gasteiger partial charge in [-0.05, 0) is 72.4 Å². The van der Waals surface area contributed by atoms with Crippen LogP contribution in [0.3, 0.4) is 0 Å². The van der Waals surface area contributed by atoms with E-state index in [1.165, 1.54) is 0 Å². The van der Waals surface area contributed by atoms with Crippen LogP contribution in [0.2, 0.25) is 0 Å². The van der Waals surface area contributed by atoms with Crippen molar-refractivity contribution in [2.24, 2.45) is 0 Å². The van der Waals surface area contributed by atoms with Crippen molar-refractivity contribution in [1.29, 1.82) is 0 Å². The summed E-state index contributed by atoms with van der Waals surface area (Å²) in [5, 5.41) is 1.72. The summed E-state index contributed by atoms with van der Waals surface area (Å²) in [5.74, 6) is 0. The van der Waals surface area contributed by atoms with E-state index in [9.17, 15) is 4.57 Å². The molecule has 1 atom stereocenters. The van der Waals surface area contributed by atoms with Crippen molar-refractivity contribution in [1.82, 2.24) is 0 Å². The summed E-state index contributed by atoms with van der Waals surface area (Å²) >= 11 is 2.18. The molecule has 4 aromatic rings. The second kappa shape index (κ2) is 11.9. The number of rotatable bonds is 7. The molecule has 36 heavy (non-hydrogen) atoms. The molecule has 0 saturated heterocycles. The third-order valence-electron chi connectivity index (χ3n) is 6.08. The molecular weight excluding hydrogens is 570 g/mol. The zero-order chi connectivity index (χ0) is 25.5. The van der Waals surface area contributed by atoms with Crippen LogP contribution >= 0.6 is 26.8 Å². The minimum Gasteiger partial charge on any atom is -0.303 e. The lowest BCUT2D eigenvalue weighted by molar-refractivity contribution is 0.597. The first-order valence-electron chi connectivity index (χ1n) is 12.1. The molecule has 0 aromatic heterocycles. The minimum absolute atomic E-state index is 0.851. The Kier molecular flexibility index (Phi) is 8.61. The second-order valence-corrected chi connectivity index (χ2v) is 14.7. The van der Waals surface area contributed by atoms with E-state index in [0.29, 0.717) is 0 Å². The van der Waals surface area contributed by atoms with Gasteiger partial charge in [0.15, 0.2) is 4.78 Å². The van der Waals surface area contributed by atoms with E-state index in [-0.39, 0.29) is 0 Å². The molecule has 0 bridgehead atoms. The first-order chi connectivity index (χ1) is 17.5. The van der Waals surface area contributed by atoms with Crippen LogP contribution in [-0.4, -0.2) is 0 Å². The molecule has 1 nitrogen and oxygen atoms in total. The quantitative estimate of drug-likeness (QED) is 0.153. The molecule has 0 aliphatic carbocycles. The fraction of sp³-hybridized carbons (Fsp3) is 0.0909. The maximum Gasteiger partial charge on any atom is 0.199 e. The Morgan fingerprint density at radius 3 is 1.50 bits per heavy atom. The summed E-state index contributed by atoms with van der Waals surface area (Å²) in [7, 11) is 0. The lowest BCUT2D eigenvalue weighted by atomic mass is 9.93. The summed E-state index contributed by atoms with van der Waals surface area (Å²) in [6.45, 7) is 6.05. The fourth-order valence-corrected chi connectivity index (χ4v) is 8.15. The van der Waals surface area contributed by atoms with Crippen molar-refractivity contribution in [3.8, 4) is 22.3 Å². The monoisotopic (exact) mass is 600 g/mol. The predicted octanol–water partition coefficient (Wildman–Crippen LogP) is 9.78. The van der Waals surface area contributed by atoms with E-state index < -0.39 is 4.78 Å². The molecule has 3 heteroatoms. The van der Waals surface area contributed by atoms with E-state index in [1.54, 1.807) is 0 Å². The number of hydrogen-bond donors (Lipinski definition) is 0. The highest BCUT2D eigenvalue weighted by Gasteiger charge is 2.28. The summed E-state index contributed by atoms with van der Waals surface area (Å²) in [5.41, 5.74) is 7.70. The van der Waals surface area contributed by atoms with Crippen LogP contribution in [0.15, 0.2) is 109 Å². The molecule has 0 heterocycles. The van der Waals surface area contributed by atoms with Crippen LogP contribution in [0.1, 0.15) is 37.5 Å². The van der Waals surface area contributed by atoms with Crippen LogP contribution in [0.25, 0.3) is 40.5 Å². The number of halogens is 1. The largest absolute Gasteiger partial charge is 0.303 e. The molecule has 0 saturated carbocycles. The van der Waals surface area contributed by atoms with Gasteiger partial charge in [0.05, 0.1) is 0 Å². The van der Waals surface area contributed by atoms with Crippen LogP contribution in [0.4, 0.5) is 0 Å². The van der Waals surface area contributed by atoms with Crippen LogP contribution < -0.4 is 10.6 Å². The van der Waals surface area contributed by atoms with Gasteiger partial charge in [-0.15, -0.1) is 0 Å². The van der Waals surface area contributed by atoms with E-state index in [4.69, 9.17) is 0 Å². The summed E-state index contributed by atoms with van der Waals surface area (Å²) in [4.78, 5) is -2.91. The van der Waals surface area contributed by atoms with E-state index in [2.05, 4.69) is 94.9 Å². The van der Waals surface area contributed by atoms with Gasteiger partial charge in [-0.25, -0.2) is 0 Å². The Labute approximate surface area is 228 Å². The van der Waals surface area contributed by atoms with Crippen molar-refractivity contribution in [2.75, 3.05) is 0 Å². The zero-order valence-corrected chi connectivity index (χ0v) is 23.9. The molecule has 1 unspecified atom stereocenters.